The fourth-order valence-electron chi connectivity index (χ4n) is 2.58. The van der Waals surface area contributed by atoms with Gasteiger partial charge in [-0.05, 0) is 48.4 Å². The number of carbonyl (C=O) groups is 2. The van der Waals surface area contributed by atoms with Crippen molar-refractivity contribution >= 4 is 52.1 Å². The number of ether oxygens (including phenoxy) is 1. The van der Waals surface area contributed by atoms with Gasteiger partial charge in [0.05, 0.1) is 10.0 Å². The minimum absolute atomic E-state index is 0.0785. The highest BCUT2D eigenvalue weighted by Gasteiger charge is 2.14. The fraction of sp³-hybridized carbons (Fsp3) is 0.136. The summed E-state index contributed by atoms with van der Waals surface area (Å²) in [5.74, 6) is -0.925. The number of amides is 1. The number of hydrogen-bond acceptors (Lipinski definition) is 5. The Hall–Kier alpha value is -3.09. The van der Waals surface area contributed by atoms with Gasteiger partial charge in [0.15, 0.2) is 0 Å². The smallest absolute Gasteiger partial charge is 0.349 e. The Morgan fingerprint density at radius 3 is 2.63 bits per heavy atom. The third kappa shape index (κ3) is 5.28. The number of nitrogens with one attached hydrogen (secondary N) is 1. The molecule has 0 spiro atoms. The van der Waals surface area contributed by atoms with Crippen LogP contribution in [0, 0.1) is 0 Å². The van der Waals surface area contributed by atoms with Crippen LogP contribution in [0.1, 0.15) is 29.3 Å². The predicted octanol–water partition coefficient (Wildman–Crippen LogP) is 4.86. The van der Waals surface area contributed by atoms with Crippen LogP contribution >= 0.6 is 23.2 Å². The number of esters is 1. The van der Waals surface area contributed by atoms with E-state index in [1.54, 1.807) is 30.3 Å². The maximum absolute atomic E-state index is 12.1. The molecule has 6 nitrogen and oxygen atoms in total. The minimum Gasteiger partial charge on any atom is -0.423 e. The molecule has 0 unspecified atom stereocenters. The van der Waals surface area contributed by atoms with Crippen molar-refractivity contribution in [3.05, 3.63) is 80.1 Å². The monoisotopic (exact) mass is 445 g/mol. The summed E-state index contributed by atoms with van der Waals surface area (Å²) in [7, 11) is 0. The Morgan fingerprint density at radius 2 is 1.90 bits per heavy atom. The second kappa shape index (κ2) is 9.61. The Kier molecular flexibility index (Phi) is 6.92. The lowest BCUT2D eigenvalue weighted by molar-refractivity contribution is -0.128. The summed E-state index contributed by atoms with van der Waals surface area (Å²) in [4.78, 5) is 36.2. The van der Waals surface area contributed by atoms with Crippen LogP contribution in [-0.2, 0) is 4.79 Å². The standard InChI is InChI=1S/C22H17Cl2NO5/c1-2-9-25-21(27)16-11-14-5-6-15(12-19(14)30-22(16)28)29-20(26)8-4-13-3-7-17(23)18(24)10-13/h3-8,10-12H,2,9H2,1H3,(H,25,27)/b8-4+. The molecule has 1 N–H and O–H groups in total. The molecule has 3 rings (SSSR count). The predicted molar refractivity (Wildman–Crippen MR) is 116 cm³/mol. The third-order valence-electron chi connectivity index (χ3n) is 4.06. The largest absolute Gasteiger partial charge is 0.423 e. The van der Waals surface area contributed by atoms with Gasteiger partial charge < -0.3 is 14.5 Å². The van der Waals surface area contributed by atoms with Crippen LogP contribution in [0.15, 0.2) is 57.8 Å². The van der Waals surface area contributed by atoms with Gasteiger partial charge in [0.2, 0.25) is 0 Å². The van der Waals surface area contributed by atoms with Crippen molar-refractivity contribution in [2.24, 2.45) is 0 Å². The molecule has 154 valence electrons. The average molecular weight is 446 g/mol. The van der Waals surface area contributed by atoms with Crippen LogP contribution in [-0.4, -0.2) is 18.4 Å². The second-order valence-corrected chi connectivity index (χ2v) is 7.15. The van der Waals surface area contributed by atoms with Crippen molar-refractivity contribution in [3.63, 3.8) is 0 Å². The SMILES string of the molecule is CCCNC(=O)c1cc2ccc(OC(=O)/C=C/c3ccc(Cl)c(Cl)c3)cc2oc1=O. The van der Waals surface area contributed by atoms with E-state index in [-0.39, 0.29) is 16.9 Å². The first-order valence-electron chi connectivity index (χ1n) is 9.08. The molecule has 0 aliphatic heterocycles. The normalized spacial score (nSPS) is 11.0. The second-order valence-electron chi connectivity index (χ2n) is 6.33. The highest BCUT2D eigenvalue weighted by molar-refractivity contribution is 6.42. The summed E-state index contributed by atoms with van der Waals surface area (Å²) < 4.78 is 10.5. The van der Waals surface area contributed by atoms with Gasteiger partial charge in [0, 0.05) is 24.1 Å². The van der Waals surface area contributed by atoms with E-state index >= 15 is 0 Å². The first-order chi connectivity index (χ1) is 14.4. The van der Waals surface area contributed by atoms with Gasteiger partial charge in [0.1, 0.15) is 16.9 Å². The average Bonchev–Trinajstić information content (AvgIpc) is 2.72. The van der Waals surface area contributed by atoms with E-state index in [4.69, 9.17) is 32.4 Å². The molecule has 1 heterocycles. The van der Waals surface area contributed by atoms with Crippen LogP contribution in [0.25, 0.3) is 17.0 Å². The zero-order valence-electron chi connectivity index (χ0n) is 15.9. The maximum Gasteiger partial charge on any atom is 0.349 e. The highest BCUT2D eigenvalue weighted by Crippen LogP contribution is 2.24. The Bertz CT molecular complexity index is 1200. The first-order valence-corrected chi connectivity index (χ1v) is 9.84. The third-order valence-corrected chi connectivity index (χ3v) is 4.80. The summed E-state index contributed by atoms with van der Waals surface area (Å²) in [6, 6.07) is 10.9. The molecule has 0 fully saturated rings. The topological polar surface area (TPSA) is 85.6 Å². The first kappa shape index (κ1) is 21.6. The molecule has 0 saturated carbocycles. The highest BCUT2D eigenvalue weighted by atomic mass is 35.5. The summed E-state index contributed by atoms with van der Waals surface area (Å²) in [6.45, 7) is 2.37. The molecule has 30 heavy (non-hydrogen) atoms. The summed E-state index contributed by atoms with van der Waals surface area (Å²) in [6.07, 6.45) is 3.52. The van der Waals surface area contributed by atoms with Crippen molar-refractivity contribution < 1.29 is 18.7 Å². The number of benzene rings is 2. The van der Waals surface area contributed by atoms with E-state index < -0.39 is 17.5 Å². The van der Waals surface area contributed by atoms with E-state index in [0.717, 1.165) is 6.42 Å². The maximum atomic E-state index is 12.1. The van der Waals surface area contributed by atoms with E-state index in [0.29, 0.717) is 27.5 Å². The molecule has 1 amide bonds. The lowest BCUT2D eigenvalue weighted by Gasteiger charge is -2.05. The fourth-order valence-corrected chi connectivity index (χ4v) is 2.88. The molecular weight excluding hydrogens is 429 g/mol. The van der Waals surface area contributed by atoms with Crippen LogP contribution in [0.2, 0.25) is 10.0 Å². The lowest BCUT2D eigenvalue weighted by atomic mass is 10.1. The van der Waals surface area contributed by atoms with Gasteiger partial charge in [-0.15, -0.1) is 0 Å². The number of halogens is 2. The van der Waals surface area contributed by atoms with E-state index in [1.807, 2.05) is 6.92 Å². The summed E-state index contributed by atoms with van der Waals surface area (Å²) in [5.41, 5.74) is 0.0369. The Labute approximate surface area is 182 Å². The molecule has 1 aromatic heterocycles. The minimum atomic E-state index is -0.765. The van der Waals surface area contributed by atoms with Crippen molar-refractivity contribution in [2.75, 3.05) is 6.54 Å². The van der Waals surface area contributed by atoms with E-state index in [1.165, 1.54) is 24.3 Å². The van der Waals surface area contributed by atoms with Gasteiger partial charge in [-0.1, -0.05) is 36.2 Å². The van der Waals surface area contributed by atoms with Crippen LogP contribution < -0.4 is 15.7 Å². The van der Waals surface area contributed by atoms with Gasteiger partial charge in [-0.25, -0.2) is 9.59 Å². The van der Waals surface area contributed by atoms with Gasteiger partial charge >= 0.3 is 11.6 Å². The zero-order chi connectivity index (χ0) is 21.7. The van der Waals surface area contributed by atoms with Crippen molar-refractivity contribution in [2.45, 2.75) is 13.3 Å². The summed E-state index contributed by atoms with van der Waals surface area (Å²) >= 11 is 11.8. The molecule has 0 atom stereocenters. The van der Waals surface area contributed by atoms with Crippen LogP contribution in [0.5, 0.6) is 5.75 Å². The molecule has 0 aliphatic rings. The van der Waals surface area contributed by atoms with Crippen LogP contribution in [0.4, 0.5) is 0 Å². The number of carbonyl (C=O) groups excluding carboxylic acids is 2. The Morgan fingerprint density at radius 1 is 1.10 bits per heavy atom. The Balaban J connectivity index is 1.75. The van der Waals surface area contributed by atoms with Crippen molar-refractivity contribution in [1.82, 2.24) is 5.32 Å². The molecule has 0 radical (unpaired) electrons. The molecule has 8 heteroatoms. The molecular formula is C22H17Cl2NO5. The molecule has 0 bridgehead atoms. The number of rotatable bonds is 6. The van der Waals surface area contributed by atoms with Crippen molar-refractivity contribution in [1.29, 1.82) is 0 Å². The number of hydrogen-bond donors (Lipinski definition) is 1. The molecule has 3 aromatic rings. The van der Waals surface area contributed by atoms with Gasteiger partial charge in [-0.3, -0.25) is 4.79 Å². The van der Waals surface area contributed by atoms with E-state index in [2.05, 4.69) is 5.32 Å². The van der Waals surface area contributed by atoms with E-state index in [9.17, 15) is 14.4 Å². The zero-order valence-corrected chi connectivity index (χ0v) is 17.4. The van der Waals surface area contributed by atoms with Gasteiger partial charge in [0.25, 0.3) is 5.91 Å². The quantitative estimate of drug-likeness (QED) is 0.253. The lowest BCUT2D eigenvalue weighted by Crippen LogP contribution is -2.28. The van der Waals surface area contributed by atoms with Crippen molar-refractivity contribution in [3.8, 4) is 5.75 Å². The van der Waals surface area contributed by atoms with Gasteiger partial charge in [-0.2, -0.15) is 0 Å². The molecule has 0 aliphatic carbocycles. The molecule has 0 saturated heterocycles. The molecule has 2 aromatic carbocycles. The van der Waals surface area contributed by atoms with Crippen LogP contribution in [0.3, 0.4) is 0 Å². The summed E-state index contributed by atoms with van der Waals surface area (Å²) in [5, 5.41) is 3.96. The number of fused-ring (bicyclic) bond motifs is 1.